The highest BCUT2D eigenvalue weighted by Crippen LogP contribution is 2.14. The Labute approximate surface area is 130 Å². The Morgan fingerprint density at radius 3 is 2.45 bits per heavy atom. The van der Waals surface area contributed by atoms with Crippen molar-refractivity contribution in [3.8, 4) is 0 Å². The van der Waals surface area contributed by atoms with Gasteiger partial charge in [-0.3, -0.25) is 14.6 Å². The maximum atomic E-state index is 11.9. The van der Waals surface area contributed by atoms with E-state index in [1.54, 1.807) is 18.1 Å². The van der Waals surface area contributed by atoms with Crippen LogP contribution in [-0.4, -0.2) is 23.8 Å². The van der Waals surface area contributed by atoms with Gasteiger partial charge in [0.25, 0.3) is 0 Å². The number of aromatic nitrogens is 1. The van der Waals surface area contributed by atoms with E-state index in [1.165, 1.54) is 6.92 Å². The van der Waals surface area contributed by atoms with Crippen molar-refractivity contribution < 1.29 is 9.59 Å². The van der Waals surface area contributed by atoms with Crippen LogP contribution in [-0.2, 0) is 22.6 Å². The fraction of sp³-hybridized carbons (Fsp3) is 0.235. The van der Waals surface area contributed by atoms with E-state index in [0.717, 1.165) is 16.9 Å². The van der Waals surface area contributed by atoms with E-state index in [-0.39, 0.29) is 11.8 Å². The number of carbonyl (C=O) groups is 2. The molecule has 0 fully saturated rings. The van der Waals surface area contributed by atoms with Gasteiger partial charge in [0.1, 0.15) is 0 Å². The molecule has 0 saturated carbocycles. The highest BCUT2D eigenvalue weighted by molar-refractivity contribution is 5.90. The Bertz CT molecular complexity index is 639. The zero-order valence-electron chi connectivity index (χ0n) is 12.7. The lowest BCUT2D eigenvalue weighted by Gasteiger charge is -2.15. The molecular weight excluding hydrogens is 278 g/mol. The van der Waals surface area contributed by atoms with Gasteiger partial charge in [0.2, 0.25) is 11.8 Å². The molecule has 22 heavy (non-hydrogen) atoms. The molecule has 0 atom stereocenters. The van der Waals surface area contributed by atoms with Crippen LogP contribution in [0.15, 0.2) is 48.7 Å². The SMILES string of the molecule is CC(=O)N(C)c1ccc(CC(=O)NCc2ccccn2)cc1. The molecule has 1 aromatic heterocycles. The van der Waals surface area contributed by atoms with Crippen molar-refractivity contribution in [2.75, 3.05) is 11.9 Å². The molecule has 0 bridgehead atoms. The highest BCUT2D eigenvalue weighted by atomic mass is 16.2. The summed E-state index contributed by atoms with van der Waals surface area (Å²) in [5, 5.41) is 2.84. The zero-order valence-corrected chi connectivity index (χ0v) is 12.7. The van der Waals surface area contributed by atoms with Gasteiger partial charge >= 0.3 is 0 Å². The van der Waals surface area contributed by atoms with Crippen molar-refractivity contribution in [3.05, 3.63) is 59.9 Å². The monoisotopic (exact) mass is 297 g/mol. The van der Waals surface area contributed by atoms with Crippen LogP contribution in [0.3, 0.4) is 0 Å². The number of hydrogen-bond donors (Lipinski definition) is 1. The molecular formula is C17H19N3O2. The minimum atomic E-state index is -0.0571. The summed E-state index contributed by atoms with van der Waals surface area (Å²) in [5.41, 5.74) is 2.54. The van der Waals surface area contributed by atoms with Crippen LogP contribution in [0.5, 0.6) is 0 Å². The van der Waals surface area contributed by atoms with Gasteiger partial charge < -0.3 is 10.2 Å². The van der Waals surface area contributed by atoms with Crippen molar-refractivity contribution in [1.29, 1.82) is 0 Å². The van der Waals surface area contributed by atoms with E-state index in [4.69, 9.17) is 0 Å². The first-order valence-electron chi connectivity index (χ1n) is 7.06. The maximum absolute atomic E-state index is 11.9. The second-order valence-electron chi connectivity index (χ2n) is 5.02. The standard InChI is InChI=1S/C17H19N3O2/c1-13(21)20(2)16-8-6-14(7-9-16)11-17(22)19-12-15-5-3-4-10-18-15/h3-10H,11-12H2,1-2H3,(H,19,22). The van der Waals surface area contributed by atoms with Gasteiger partial charge in [-0.1, -0.05) is 18.2 Å². The molecule has 0 aliphatic rings. The first-order valence-corrected chi connectivity index (χ1v) is 7.06. The number of pyridine rings is 1. The van der Waals surface area contributed by atoms with Gasteiger partial charge in [-0.2, -0.15) is 0 Å². The predicted octanol–water partition coefficient (Wildman–Crippen LogP) is 1.92. The Kier molecular flexibility index (Phi) is 5.25. The summed E-state index contributed by atoms with van der Waals surface area (Å²) in [6, 6.07) is 13.0. The molecule has 1 N–H and O–H groups in total. The van der Waals surface area contributed by atoms with E-state index >= 15 is 0 Å². The van der Waals surface area contributed by atoms with Gasteiger partial charge in [0, 0.05) is 25.9 Å². The molecule has 5 heteroatoms. The molecule has 0 aliphatic heterocycles. The molecule has 2 aromatic rings. The zero-order chi connectivity index (χ0) is 15.9. The smallest absolute Gasteiger partial charge is 0.224 e. The maximum Gasteiger partial charge on any atom is 0.224 e. The lowest BCUT2D eigenvalue weighted by molar-refractivity contribution is -0.120. The fourth-order valence-electron chi connectivity index (χ4n) is 1.96. The van der Waals surface area contributed by atoms with Crippen LogP contribution < -0.4 is 10.2 Å². The molecule has 0 radical (unpaired) electrons. The first kappa shape index (κ1) is 15.7. The van der Waals surface area contributed by atoms with Crippen molar-refractivity contribution >= 4 is 17.5 Å². The van der Waals surface area contributed by atoms with E-state index in [0.29, 0.717) is 13.0 Å². The van der Waals surface area contributed by atoms with Crippen molar-refractivity contribution in [2.24, 2.45) is 0 Å². The molecule has 0 spiro atoms. The van der Waals surface area contributed by atoms with Gasteiger partial charge in [0.05, 0.1) is 18.7 Å². The lowest BCUT2D eigenvalue weighted by atomic mass is 10.1. The topological polar surface area (TPSA) is 62.3 Å². The molecule has 1 aromatic carbocycles. The highest BCUT2D eigenvalue weighted by Gasteiger charge is 2.07. The van der Waals surface area contributed by atoms with Gasteiger partial charge in [0.15, 0.2) is 0 Å². The Balaban J connectivity index is 1.88. The third-order valence-corrected chi connectivity index (χ3v) is 3.35. The number of amides is 2. The second kappa shape index (κ2) is 7.36. The number of nitrogens with zero attached hydrogens (tertiary/aromatic N) is 2. The molecule has 2 rings (SSSR count). The molecule has 5 nitrogen and oxygen atoms in total. The summed E-state index contributed by atoms with van der Waals surface area (Å²) in [7, 11) is 1.72. The van der Waals surface area contributed by atoms with Gasteiger partial charge in [-0.15, -0.1) is 0 Å². The summed E-state index contributed by atoms with van der Waals surface area (Å²) < 4.78 is 0. The molecule has 2 amide bonds. The average molecular weight is 297 g/mol. The average Bonchev–Trinajstić information content (AvgIpc) is 2.54. The van der Waals surface area contributed by atoms with Crippen LogP contribution in [0.4, 0.5) is 5.69 Å². The van der Waals surface area contributed by atoms with Gasteiger partial charge in [-0.05, 0) is 29.8 Å². The Hall–Kier alpha value is -2.69. The fourth-order valence-corrected chi connectivity index (χ4v) is 1.96. The molecule has 114 valence electrons. The summed E-state index contributed by atoms with van der Waals surface area (Å²) >= 11 is 0. The number of nitrogens with one attached hydrogen (secondary N) is 1. The van der Waals surface area contributed by atoms with E-state index in [1.807, 2.05) is 42.5 Å². The number of hydrogen-bond acceptors (Lipinski definition) is 3. The number of anilines is 1. The Morgan fingerprint density at radius 1 is 1.14 bits per heavy atom. The van der Waals surface area contributed by atoms with Crippen LogP contribution in [0.1, 0.15) is 18.2 Å². The number of benzene rings is 1. The van der Waals surface area contributed by atoms with Crippen molar-refractivity contribution in [3.63, 3.8) is 0 Å². The third-order valence-electron chi connectivity index (χ3n) is 3.35. The van der Waals surface area contributed by atoms with E-state index in [2.05, 4.69) is 10.3 Å². The van der Waals surface area contributed by atoms with Crippen molar-refractivity contribution in [1.82, 2.24) is 10.3 Å². The lowest BCUT2D eigenvalue weighted by Crippen LogP contribution is -2.25. The minimum Gasteiger partial charge on any atom is -0.350 e. The minimum absolute atomic E-state index is 0.0270. The quantitative estimate of drug-likeness (QED) is 0.917. The van der Waals surface area contributed by atoms with E-state index < -0.39 is 0 Å². The Morgan fingerprint density at radius 2 is 1.86 bits per heavy atom. The van der Waals surface area contributed by atoms with Crippen molar-refractivity contribution in [2.45, 2.75) is 19.9 Å². The number of carbonyl (C=O) groups excluding carboxylic acids is 2. The number of rotatable bonds is 5. The third kappa shape index (κ3) is 4.41. The summed E-state index contributed by atoms with van der Waals surface area (Å²) in [6.07, 6.45) is 2.00. The van der Waals surface area contributed by atoms with Gasteiger partial charge in [-0.25, -0.2) is 0 Å². The summed E-state index contributed by atoms with van der Waals surface area (Å²) in [6.45, 7) is 1.93. The summed E-state index contributed by atoms with van der Waals surface area (Å²) in [5.74, 6) is -0.0841. The van der Waals surface area contributed by atoms with Crippen LogP contribution in [0.2, 0.25) is 0 Å². The summed E-state index contributed by atoms with van der Waals surface area (Å²) in [4.78, 5) is 28.9. The molecule has 0 saturated heterocycles. The van der Waals surface area contributed by atoms with Crippen LogP contribution in [0, 0.1) is 0 Å². The largest absolute Gasteiger partial charge is 0.350 e. The second-order valence-corrected chi connectivity index (χ2v) is 5.02. The van der Waals surface area contributed by atoms with Crippen LogP contribution >= 0.6 is 0 Å². The first-order chi connectivity index (χ1) is 10.6. The normalized spacial score (nSPS) is 10.1. The van der Waals surface area contributed by atoms with E-state index in [9.17, 15) is 9.59 Å². The molecule has 1 heterocycles. The molecule has 0 aliphatic carbocycles. The molecule has 0 unspecified atom stereocenters. The van der Waals surface area contributed by atoms with Crippen LogP contribution in [0.25, 0.3) is 0 Å². The predicted molar refractivity (Wildman–Crippen MR) is 85.3 cm³/mol.